The van der Waals surface area contributed by atoms with E-state index in [1.54, 1.807) is 12.1 Å². The molecule has 6 heteroatoms. The summed E-state index contributed by atoms with van der Waals surface area (Å²) in [6.07, 6.45) is 13.0. The number of nitro benzene ring substituents is 1. The maximum atomic E-state index is 10.8. The van der Waals surface area contributed by atoms with E-state index in [9.17, 15) is 10.1 Å². The summed E-state index contributed by atoms with van der Waals surface area (Å²) >= 11 is 0. The van der Waals surface area contributed by atoms with E-state index in [1.807, 2.05) is 18.2 Å². The van der Waals surface area contributed by atoms with Crippen LogP contribution >= 0.6 is 0 Å². The van der Waals surface area contributed by atoms with Gasteiger partial charge in [-0.25, -0.2) is 4.98 Å². The maximum absolute atomic E-state index is 10.8. The lowest BCUT2D eigenvalue weighted by atomic mass is 10.1. The summed E-state index contributed by atoms with van der Waals surface area (Å²) in [6, 6.07) is 11.8. The van der Waals surface area contributed by atoms with E-state index in [0.717, 1.165) is 17.7 Å². The predicted molar refractivity (Wildman–Crippen MR) is 123 cm³/mol. The molecule has 1 heterocycles. The molecule has 0 atom stereocenters. The first kappa shape index (κ1) is 22.8. The molecular weight excluding hydrogens is 392 g/mol. The number of benzene rings is 2. The van der Waals surface area contributed by atoms with Crippen LogP contribution in [0.15, 0.2) is 46.9 Å². The fourth-order valence-electron chi connectivity index (χ4n) is 3.62. The van der Waals surface area contributed by atoms with Crippen molar-refractivity contribution in [2.24, 2.45) is 0 Å². The second-order valence-corrected chi connectivity index (χ2v) is 7.98. The lowest BCUT2D eigenvalue weighted by molar-refractivity contribution is -0.384. The molecule has 0 amide bonds. The summed E-state index contributed by atoms with van der Waals surface area (Å²) < 4.78 is 11.7. The third-order valence-corrected chi connectivity index (χ3v) is 5.45. The number of nitrogens with zero attached hydrogens (tertiary/aromatic N) is 2. The Balaban J connectivity index is 1.40. The number of unbranched alkanes of at least 4 members (excludes halogenated alkanes) is 9. The van der Waals surface area contributed by atoms with Gasteiger partial charge in [-0.2, -0.15) is 0 Å². The maximum Gasteiger partial charge on any atom is 0.269 e. The van der Waals surface area contributed by atoms with Crippen LogP contribution in [0.25, 0.3) is 22.6 Å². The normalized spacial score (nSPS) is 11.1. The molecule has 3 aromatic rings. The Morgan fingerprint density at radius 3 is 2.19 bits per heavy atom. The fraction of sp³-hybridized carbons (Fsp3) is 0.480. The van der Waals surface area contributed by atoms with Crippen molar-refractivity contribution in [2.75, 3.05) is 6.61 Å². The van der Waals surface area contributed by atoms with Crippen LogP contribution in [0, 0.1) is 10.1 Å². The second kappa shape index (κ2) is 12.1. The van der Waals surface area contributed by atoms with Gasteiger partial charge in [0.1, 0.15) is 11.3 Å². The number of aromatic nitrogens is 1. The van der Waals surface area contributed by atoms with Gasteiger partial charge in [0.25, 0.3) is 5.69 Å². The molecule has 6 nitrogen and oxygen atoms in total. The van der Waals surface area contributed by atoms with Gasteiger partial charge in [-0.1, -0.05) is 64.7 Å². The van der Waals surface area contributed by atoms with E-state index in [1.165, 1.54) is 69.9 Å². The molecule has 0 N–H and O–H groups in total. The number of rotatable bonds is 14. The number of fused-ring (bicyclic) bond motifs is 1. The lowest BCUT2D eigenvalue weighted by Crippen LogP contribution is -1.97. The van der Waals surface area contributed by atoms with Crippen molar-refractivity contribution in [1.29, 1.82) is 0 Å². The van der Waals surface area contributed by atoms with Crippen molar-refractivity contribution in [1.82, 2.24) is 4.98 Å². The third kappa shape index (κ3) is 7.09. The monoisotopic (exact) mass is 424 g/mol. The van der Waals surface area contributed by atoms with Gasteiger partial charge >= 0.3 is 0 Å². The van der Waals surface area contributed by atoms with Crippen LogP contribution in [0.2, 0.25) is 0 Å². The molecule has 0 unspecified atom stereocenters. The van der Waals surface area contributed by atoms with Crippen molar-refractivity contribution in [3.05, 3.63) is 52.6 Å². The minimum Gasteiger partial charge on any atom is -0.493 e. The van der Waals surface area contributed by atoms with Gasteiger partial charge in [-0.15, -0.1) is 0 Å². The molecule has 0 aliphatic heterocycles. The van der Waals surface area contributed by atoms with Crippen LogP contribution < -0.4 is 4.74 Å². The molecule has 3 rings (SSSR count). The number of ether oxygens (including phenoxy) is 1. The minimum atomic E-state index is -0.423. The van der Waals surface area contributed by atoms with E-state index >= 15 is 0 Å². The molecule has 0 bridgehead atoms. The van der Waals surface area contributed by atoms with Crippen LogP contribution in [0.4, 0.5) is 5.69 Å². The Labute approximate surface area is 183 Å². The topological polar surface area (TPSA) is 78.4 Å². The molecule has 0 aliphatic rings. The van der Waals surface area contributed by atoms with E-state index in [4.69, 9.17) is 9.15 Å². The smallest absolute Gasteiger partial charge is 0.269 e. The predicted octanol–water partition coefficient (Wildman–Crippen LogP) is 7.70. The summed E-state index contributed by atoms with van der Waals surface area (Å²) in [4.78, 5) is 14.8. The Morgan fingerprint density at radius 2 is 1.55 bits per heavy atom. The molecule has 0 saturated carbocycles. The van der Waals surface area contributed by atoms with Gasteiger partial charge in [0.2, 0.25) is 5.89 Å². The molecule has 0 spiro atoms. The molecular formula is C25H32N2O4. The third-order valence-electron chi connectivity index (χ3n) is 5.45. The Kier molecular flexibility index (Phi) is 8.88. The highest BCUT2D eigenvalue weighted by Gasteiger charge is 2.11. The molecule has 0 saturated heterocycles. The van der Waals surface area contributed by atoms with Gasteiger partial charge in [0.05, 0.1) is 11.5 Å². The molecule has 166 valence electrons. The fourth-order valence-corrected chi connectivity index (χ4v) is 3.62. The highest BCUT2D eigenvalue weighted by Crippen LogP contribution is 2.28. The van der Waals surface area contributed by atoms with E-state index in [-0.39, 0.29) is 5.69 Å². The Bertz CT molecular complexity index is 950. The first-order valence-electron chi connectivity index (χ1n) is 11.5. The zero-order valence-electron chi connectivity index (χ0n) is 18.3. The second-order valence-electron chi connectivity index (χ2n) is 7.98. The highest BCUT2D eigenvalue weighted by molar-refractivity contribution is 5.77. The molecule has 0 aliphatic carbocycles. The van der Waals surface area contributed by atoms with Crippen LogP contribution in [0.3, 0.4) is 0 Å². The first-order chi connectivity index (χ1) is 15.2. The van der Waals surface area contributed by atoms with Crippen LogP contribution in [0.5, 0.6) is 5.75 Å². The highest BCUT2D eigenvalue weighted by atomic mass is 16.6. The zero-order valence-corrected chi connectivity index (χ0v) is 18.3. The summed E-state index contributed by atoms with van der Waals surface area (Å²) in [5.74, 6) is 1.21. The van der Waals surface area contributed by atoms with Gasteiger partial charge in [0.15, 0.2) is 5.58 Å². The van der Waals surface area contributed by atoms with Crippen molar-refractivity contribution in [3.8, 4) is 17.2 Å². The van der Waals surface area contributed by atoms with E-state index in [0.29, 0.717) is 23.6 Å². The summed E-state index contributed by atoms with van der Waals surface area (Å²) in [6.45, 7) is 2.95. The van der Waals surface area contributed by atoms with Gasteiger partial charge in [0, 0.05) is 23.8 Å². The van der Waals surface area contributed by atoms with Gasteiger partial charge in [-0.05, 0) is 30.7 Å². The largest absolute Gasteiger partial charge is 0.493 e. The van der Waals surface area contributed by atoms with Crippen LogP contribution in [-0.2, 0) is 0 Å². The van der Waals surface area contributed by atoms with Crippen molar-refractivity contribution >= 4 is 16.8 Å². The molecule has 2 aromatic carbocycles. The van der Waals surface area contributed by atoms with Crippen molar-refractivity contribution in [2.45, 2.75) is 71.1 Å². The van der Waals surface area contributed by atoms with E-state index < -0.39 is 4.92 Å². The van der Waals surface area contributed by atoms with E-state index in [2.05, 4.69) is 11.9 Å². The van der Waals surface area contributed by atoms with Gasteiger partial charge < -0.3 is 9.15 Å². The van der Waals surface area contributed by atoms with Crippen LogP contribution in [0.1, 0.15) is 71.1 Å². The molecule has 1 aromatic heterocycles. The number of nitro groups is 1. The SMILES string of the molecule is CCCCCCCCCCCCOc1ccc2nc(-c3ccc([N+](=O)[O-])cc3)oc2c1. The number of hydrogen-bond donors (Lipinski definition) is 0. The molecule has 0 fully saturated rings. The summed E-state index contributed by atoms with van der Waals surface area (Å²) in [5, 5.41) is 10.8. The Morgan fingerprint density at radius 1 is 0.903 bits per heavy atom. The number of hydrogen-bond acceptors (Lipinski definition) is 5. The minimum absolute atomic E-state index is 0.0440. The average Bonchev–Trinajstić information content (AvgIpc) is 3.21. The quantitative estimate of drug-likeness (QED) is 0.150. The number of non-ortho nitro benzene ring substituents is 1. The standard InChI is InChI=1S/C25H32N2O4/c1-2-3-4-5-6-7-8-9-10-11-18-30-22-16-17-23-24(19-22)31-25(26-23)20-12-14-21(15-13-20)27(28)29/h12-17,19H,2-11,18H2,1H3. The first-order valence-corrected chi connectivity index (χ1v) is 11.5. The number of oxazole rings is 1. The molecule has 31 heavy (non-hydrogen) atoms. The zero-order chi connectivity index (χ0) is 21.9. The average molecular weight is 425 g/mol. The summed E-state index contributed by atoms with van der Waals surface area (Å²) in [7, 11) is 0. The van der Waals surface area contributed by atoms with Crippen molar-refractivity contribution in [3.63, 3.8) is 0 Å². The van der Waals surface area contributed by atoms with Gasteiger partial charge in [-0.3, -0.25) is 10.1 Å². The van der Waals surface area contributed by atoms with Crippen molar-refractivity contribution < 1.29 is 14.1 Å². The Hall–Kier alpha value is -2.89. The summed E-state index contributed by atoms with van der Waals surface area (Å²) in [5.41, 5.74) is 2.13. The van der Waals surface area contributed by atoms with Crippen LogP contribution in [-0.4, -0.2) is 16.5 Å². The lowest BCUT2D eigenvalue weighted by Gasteiger charge is -2.06. The molecule has 0 radical (unpaired) electrons.